The first kappa shape index (κ1) is 24.1. The van der Waals surface area contributed by atoms with Crippen LogP contribution >= 0.6 is 0 Å². The first-order valence-electron chi connectivity index (χ1n) is 10.3. The predicted octanol–water partition coefficient (Wildman–Crippen LogP) is 4.70. The zero-order valence-electron chi connectivity index (χ0n) is 18.3. The number of hydrogen-bond donors (Lipinski definition) is 3. The van der Waals surface area contributed by atoms with Gasteiger partial charge in [0.25, 0.3) is 0 Å². The number of rotatable bonds is 7. The molecule has 0 atom stereocenters. The molecule has 0 aliphatic rings. The number of ether oxygens (including phenoxy) is 1. The van der Waals surface area contributed by atoms with E-state index in [2.05, 4.69) is 4.98 Å². The number of aromatic nitrogens is 1. The van der Waals surface area contributed by atoms with Gasteiger partial charge in [0.15, 0.2) is 12.6 Å². The Morgan fingerprint density at radius 3 is 2.15 bits per heavy atom. The van der Waals surface area contributed by atoms with Gasteiger partial charge >= 0.3 is 0 Å². The van der Waals surface area contributed by atoms with Crippen molar-refractivity contribution < 1.29 is 34.1 Å². The Bertz CT molecular complexity index is 1270. The van der Waals surface area contributed by atoms with Crippen LogP contribution in [-0.2, 0) is 6.42 Å². The van der Waals surface area contributed by atoms with Crippen LogP contribution in [0, 0.1) is 6.92 Å². The Morgan fingerprint density at radius 2 is 1.53 bits per heavy atom. The number of hydrogen-bond acceptors (Lipinski definition) is 8. The van der Waals surface area contributed by atoms with Crippen LogP contribution < -0.4 is 4.74 Å². The Morgan fingerprint density at radius 1 is 0.882 bits per heavy atom. The zero-order valence-corrected chi connectivity index (χ0v) is 18.3. The highest BCUT2D eigenvalue weighted by Crippen LogP contribution is 2.24. The third kappa shape index (κ3) is 6.23. The van der Waals surface area contributed by atoms with Gasteiger partial charge in [-0.3, -0.25) is 9.59 Å². The first-order valence-corrected chi connectivity index (χ1v) is 10.3. The van der Waals surface area contributed by atoms with E-state index < -0.39 is 0 Å². The van der Waals surface area contributed by atoms with E-state index in [1.54, 1.807) is 6.07 Å². The van der Waals surface area contributed by atoms with E-state index in [0.717, 1.165) is 23.1 Å². The van der Waals surface area contributed by atoms with Crippen molar-refractivity contribution in [1.29, 1.82) is 0 Å². The predicted molar refractivity (Wildman–Crippen MR) is 125 cm³/mol. The average molecular weight is 461 g/mol. The summed E-state index contributed by atoms with van der Waals surface area (Å²) in [6.45, 7) is 2.26. The molecular formula is C26H23NO7. The van der Waals surface area contributed by atoms with Gasteiger partial charge in [0.05, 0.1) is 23.4 Å². The molecule has 0 unspecified atom stereocenters. The summed E-state index contributed by atoms with van der Waals surface area (Å²) >= 11 is 0. The summed E-state index contributed by atoms with van der Waals surface area (Å²) in [4.78, 5) is 25.3. The second-order valence-electron chi connectivity index (χ2n) is 7.19. The van der Waals surface area contributed by atoms with Gasteiger partial charge in [-0.2, -0.15) is 0 Å². The Balaban J connectivity index is 0.000000271. The van der Waals surface area contributed by atoms with E-state index in [-0.39, 0.29) is 28.4 Å². The minimum absolute atomic E-state index is 0.0527. The number of aromatic hydroxyl groups is 3. The lowest BCUT2D eigenvalue weighted by atomic mass is 10.2. The fourth-order valence-corrected chi connectivity index (χ4v) is 2.97. The minimum Gasteiger partial charge on any atom is -0.508 e. The molecule has 3 N–H and O–H groups in total. The molecule has 0 fully saturated rings. The van der Waals surface area contributed by atoms with E-state index in [9.17, 15) is 14.7 Å². The number of aryl methyl sites for hydroxylation is 1. The third-order valence-electron chi connectivity index (χ3n) is 4.79. The molecule has 0 aliphatic heterocycles. The van der Waals surface area contributed by atoms with Crippen LogP contribution in [0.25, 0.3) is 11.5 Å². The number of oxazole rings is 1. The van der Waals surface area contributed by atoms with E-state index in [0.29, 0.717) is 37.2 Å². The molecule has 0 bridgehead atoms. The van der Waals surface area contributed by atoms with Crippen LogP contribution in [0.4, 0.5) is 0 Å². The van der Waals surface area contributed by atoms with E-state index in [1.807, 2.05) is 37.3 Å². The number of phenolic OH excluding ortho intramolecular Hbond substituents is 3. The van der Waals surface area contributed by atoms with Crippen LogP contribution in [-0.4, -0.2) is 39.5 Å². The average Bonchev–Trinajstić information content (AvgIpc) is 3.21. The van der Waals surface area contributed by atoms with Crippen LogP contribution in [0.1, 0.15) is 32.2 Å². The van der Waals surface area contributed by atoms with Crippen LogP contribution in [0.5, 0.6) is 23.0 Å². The van der Waals surface area contributed by atoms with Crippen molar-refractivity contribution >= 4 is 12.6 Å². The fourth-order valence-electron chi connectivity index (χ4n) is 2.97. The molecule has 8 nitrogen and oxygen atoms in total. The lowest BCUT2D eigenvalue weighted by Gasteiger charge is -2.06. The Kier molecular flexibility index (Phi) is 8.02. The maximum absolute atomic E-state index is 10.7. The molecule has 4 aromatic rings. The molecule has 34 heavy (non-hydrogen) atoms. The second kappa shape index (κ2) is 11.3. The maximum atomic E-state index is 10.7. The van der Waals surface area contributed by atoms with Crippen molar-refractivity contribution in [2.45, 2.75) is 13.3 Å². The number of aldehydes is 2. The van der Waals surface area contributed by atoms with Crippen LogP contribution in [0.15, 0.2) is 71.1 Å². The normalized spacial score (nSPS) is 10.1. The molecule has 0 saturated heterocycles. The summed E-state index contributed by atoms with van der Waals surface area (Å²) in [6, 6.07) is 18.1. The topological polar surface area (TPSA) is 130 Å². The van der Waals surface area contributed by atoms with Crippen LogP contribution in [0.2, 0.25) is 0 Å². The van der Waals surface area contributed by atoms with Crippen molar-refractivity contribution in [2.24, 2.45) is 0 Å². The van der Waals surface area contributed by atoms with Crippen molar-refractivity contribution in [3.05, 3.63) is 89.3 Å². The smallest absolute Gasteiger partial charge is 0.226 e. The Labute approximate surface area is 195 Å². The quantitative estimate of drug-likeness (QED) is 0.338. The molecule has 8 heteroatoms. The van der Waals surface area contributed by atoms with Gasteiger partial charge in [0.1, 0.15) is 28.8 Å². The summed E-state index contributed by atoms with van der Waals surface area (Å²) in [5.74, 6) is 1.51. The number of carbonyl (C=O) groups is 2. The molecule has 174 valence electrons. The SMILES string of the molecule is Cc1oc(-c2ccccc2)nc1CCOc1ccc(C=O)c(O)c1.O=Cc1ccc(O)cc1O. The number of phenols is 3. The van der Waals surface area contributed by atoms with Gasteiger partial charge in [-0.1, -0.05) is 18.2 Å². The highest BCUT2D eigenvalue weighted by molar-refractivity contribution is 5.79. The summed E-state index contributed by atoms with van der Waals surface area (Å²) in [7, 11) is 0. The number of benzene rings is 3. The third-order valence-corrected chi connectivity index (χ3v) is 4.79. The summed E-state index contributed by atoms with van der Waals surface area (Å²) in [5, 5.41) is 27.3. The maximum Gasteiger partial charge on any atom is 0.226 e. The molecule has 0 aliphatic carbocycles. The molecule has 0 amide bonds. The number of carbonyl (C=O) groups excluding carboxylic acids is 2. The largest absolute Gasteiger partial charge is 0.508 e. The van der Waals surface area contributed by atoms with Crippen molar-refractivity contribution in [2.75, 3.05) is 6.61 Å². The van der Waals surface area contributed by atoms with E-state index in [4.69, 9.17) is 19.4 Å². The lowest BCUT2D eigenvalue weighted by Crippen LogP contribution is -2.03. The van der Waals surface area contributed by atoms with Gasteiger partial charge in [-0.25, -0.2) is 4.98 Å². The standard InChI is InChI=1S/C19H17NO4.C7H6O3/c1-13-17(20-19(24-13)14-5-3-2-4-6-14)9-10-23-16-8-7-15(12-21)18(22)11-16;8-4-5-1-2-6(9)3-7(5)10/h2-8,11-12,22H,9-10H2,1H3;1-4,9-10H. The van der Waals surface area contributed by atoms with Gasteiger partial charge in [0.2, 0.25) is 5.89 Å². The minimum atomic E-state index is -0.199. The fraction of sp³-hybridized carbons (Fsp3) is 0.115. The van der Waals surface area contributed by atoms with Crippen LogP contribution in [0.3, 0.4) is 0 Å². The molecule has 1 aromatic heterocycles. The highest BCUT2D eigenvalue weighted by Gasteiger charge is 2.11. The van der Waals surface area contributed by atoms with E-state index >= 15 is 0 Å². The highest BCUT2D eigenvalue weighted by atomic mass is 16.5. The number of nitrogens with zero attached hydrogens (tertiary/aromatic N) is 1. The molecule has 3 aromatic carbocycles. The van der Waals surface area contributed by atoms with Gasteiger partial charge in [-0.05, 0) is 43.3 Å². The summed E-state index contributed by atoms with van der Waals surface area (Å²) < 4.78 is 11.3. The molecular weight excluding hydrogens is 438 g/mol. The van der Waals surface area contributed by atoms with Gasteiger partial charge < -0.3 is 24.5 Å². The van der Waals surface area contributed by atoms with Crippen molar-refractivity contribution in [1.82, 2.24) is 4.98 Å². The zero-order chi connectivity index (χ0) is 24.5. The second-order valence-corrected chi connectivity index (χ2v) is 7.19. The molecule has 0 radical (unpaired) electrons. The molecule has 0 spiro atoms. The molecule has 0 saturated carbocycles. The van der Waals surface area contributed by atoms with E-state index in [1.165, 1.54) is 24.3 Å². The Hall–Kier alpha value is -4.59. The lowest BCUT2D eigenvalue weighted by molar-refractivity contribution is 0.111. The molecule has 4 rings (SSSR count). The van der Waals surface area contributed by atoms with Crippen molar-refractivity contribution in [3.8, 4) is 34.5 Å². The van der Waals surface area contributed by atoms with Crippen molar-refractivity contribution in [3.63, 3.8) is 0 Å². The monoisotopic (exact) mass is 461 g/mol. The summed E-state index contributed by atoms with van der Waals surface area (Å²) in [6.07, 6.45) is 1.70. The van der Waals surface area contributed by atoms with Gasteiger partial charge in [-0.15, -0.1) is 0 Å². The molecule has 1 heterocycles. The summed E-state index contributed by atoms with van der Waals surface area (Å²) in [5.41, 5.74) is 2.18. The first-order chi connectivity index (χ1) is 16.4. The van der Waals surface area contributed by atoms with Gasteiger partial charge in [0, 0.05) is 24.1 Å².